The summed E-state index contributed by atoms with van der Waals surface area (Å²) in [4.78, 5) is 17.1. The highest BCUT2D eigenvalue weighted by Gasteiger charge is 2.27. The summed E-state index contributed by atoms with van der Waals surface area (Å²) in [6, 6.07) is 10.6. The molecule has 1 aromatic heterocycles. The molecule has 0 spiro atoms. The van der Waals surface area contributed by atoms with E-state index in [1.54, 1.807) is 17.8 Å². The smallest absolute Gasteiger partial charge is 0.267 e. The van der Waals surface area contributed by atoms with Gasteiger partial charge in [0.1, 0.15) is 5.75 Å². The Bertz CT molecular complexity index is 648. The lowest BCUT2D eigenvalue weighted by molar-refractivity contribution is -0.122. The van der Waals surface area contributed by atoms with Crippen LogP contribution >= 0.6 is 11.8 Å². The summed E-state index contributed by atoms with van der Waals surface area (Å²) in [5.74, 6) is 0.987. The number of nitrogens with one attached hydrogen (secondary N) is 1. The van der Waals surface area contributed by atoms with Gasteiger partial charge in [-0.2, -0.15) is 0 Å². The van der Waals surface area contributed by atoms with E-state index >= 15 is 0 Å². The molecule has 1 aliphatic rings. The molecule has 2 heterocycles. The average molecular weight is 288 g/mol. The number of hydrogen-bond donors (Lipinski definition) is 2. The van der Waals surface area contributed by atoms with Crippen LogP contribution in [0.25, 0.3) is 0 Å². The van der Waals surface area contributed by atoms with Gasteiger partial charge in [0.15, 0.2) is 17.7 Å². The Morgan fingerprint density at radius 3 is 3.05 bits per heavy atom. The molecule has 1 aromatic carbocycles. The van der Waals surface area contributed by atoms with Gasteiger partial charge in [-0.05, 0) is 24.3 Å². The monoisotopic (exact) mass is 288 g/mol. The minimum absolute atomic E-state index is 0.0651. The maximum atomic E-state index is 12.1. The van der Waals surface area contributed by atoms with Crippen molar-refractivity contribution in [3.63, 3.8) is 0 Å². The molecule has 1 atom stereocenters. The first-order valence-corrected chi connectivity index (χ1v) is 7.06. The van der Waals surface area contributed by atoms with Crippen LogP contribution < -0.4 is 10.1 Å². The van der Waals surface area contributed by atoms with Gasteiger partial charge in [0.05, 0.1) is 0 Å². The maximum Gasteiger partial charge on any atom is 0.267 e. The number of pyridine rings is 1. The zero-order valence-electron chi connectivity index (χ0n) is 10.4. The highest BCUT2D eigenvalue weighted by Crippen LogP contribution is 2.35. The highest BCUT2D eigenvalue weighted by molar-refractivity contribution is 7.99. The van der Waals surface area contributed by atoms with E-state index in [0.717, 1.165) is 4.90 Å². The van der Waals surface area contributed by atoms with E-state index in [0.29, 0.717) is 11.5 Å². The summed E-state index contributed by atoms with van der Waals surface area (Å²) < 4.78 is 5.66. The van der Waals surface area contributed by atoms with Crippen molar-refractivity contribution < 1.29 is 14.6 Å². The normalized spacial score (nSPS) is 16.9. The molecule has 0 saturated carbocycles. The van der Waals surface area contributed by atoms with Crippen LogP contribution in [0.4, 0.5) is 5.82 Å². The number of carbonyl (C=O) groups is 1. The Balaban J connectivity index is 1.72. The van der Waals surface area contributed by atoms with Gasteiger partial charge in [0, 0.05) is 16.8 Å². The van der Waals surface area contributed by atoms with Crippen LogP contribution in [0.2, 0.25) is 0 Å². The number of aromatic nitrogens is 1. The number of hydrogen-bond acceptors (Lipinski definition) is 5. The summed E-state index contributed by atoms with van der Waals surface area (Å²) in [5.41, 5.74) is 0. The van der Waals surface area contributed by atoms with E-state index in [4.69, 9.17) is 4.74 Å². The van der Waals surface area contributed by atoms with Crippen LogP contribution in [-0.4, -0.2) is 27.9 Å². The number of thioether (sulfide) groups is 1. The number of ether oxygens (including phenoxy) is 1. The second kappa shape index (κ2) is 5.42. The lowest BCUT2D eigenvalue weighted by Crippen LogP contribution is -2.37. The van der Waals surface area contributed by atoms with E-state index in [2.05, 4.69) is 10.3 Å². The summed E-state index contributed by atoms with van der Waals surface area (Å²) in [5, 5.41) is 12.2. The van der Waals surface area contributed by atoms with Crippen LogP contribution in [-0.2, 0) is 4.79 Å². The molecule has 102 valence electrons. The third-order valence-electron chi connectivity index (χ3n) is 2.83. The standard InChI is InChI=1S/C14H12N2O3S/c17-9-4-3-7-15-13(9)16-14(18)11-8-20-12-6-2-1-5-10(12)19-11/h1-7,11,17H,8H2,(H,15,16,18). The van der Waals surface area contributed by atoms with Gasteiger partial charge in [-0.25, -0.2) is 4.98 Å². The largest absolute Gasteiger partial charge is 0.504 e. The predicted molar refractivity (Wildman–Crippen MR) is 76.1 cm³/mol. The lowest BCUT2D eigenvalue weighted by atomic mass is 10.3. The molecule has 0 radical (unpaired) electrons. The number of carbonyl (C=O) groups excluding carboxylic acids is 1. The van der Waals surface area contributed by atoms with Crippen molar-refractivity contribution in [1.29, 1.82) is 0 Å². The number of para-hydroxylation sites is 1. The van der Waals surface area contributed by atoms with Gasteiger partial charge in [-0.1, -0.05) is 12.1 Å². The molecule has 1 unspecified atom stereocenters. The Labute approximate surface area is 120 Å². The van der Waals surface area contributed by atoms with Crippen molar-refractivity contribution in [2.45, 2.75) is 11.0 Å². The number of fused-ring (bicyclic) bond motifs is 1. The van der Waals surface area contributed by atoms with Gasteiger partial charge >= 0.3 is 0 Å². The Morgan fingerprint density at radius 2 is 2.20 bits per heavy atom. The van der Waals surface area contributed by atoms with Crippen molar-refractivity contribution in [2.24, 2.45) is 0 Å². The van der Waals surface area contributed by atoms with Crippen LogP contribution in [0, 0.1) is 0 Å². The van der Waals surface area contributed by atoms with Crippen LogP contribution in [0.15, 0.2) is 47.5 Å². The van der Waals surface area contributed by atoms with Gasteiger partial charge < -0.3 is 15.2 Å². The van der Waals surface area contributed by atoms with E-state index in [-0.39, 0.29) is 17.5 Å². The third kappa shape index (κ3) is 2.55. The molecule has 2 aromatic rings. The zero-order chi connectivity index (χ0) is 13.9. The number of anilines is 1. The predicted octanol–water partition coefficient (Wildman–Crippen LogP) is 2.28. The van der Waals surface area contributed by atoms with E-state index in [1.165, 1.54) is 12.3 Å². The maximum absolute atomic E-state index is 12.1. The molecular weight excluding hydrogens is 276 g/mol. The molecule has 2 N–H and O–H groups in total. The summed E-state index contributed by atoms with van der Waals surface area (Å²) in [6.45, 7) is 0. The average Bonchev–Trinajstić information content (AvgIpc) is 2.49. The van der Waals surface area contributed by atoms with Crippen molar-refractivity contribution in [3.8, 4) is 11.5 Å². The van der Waals surface area contributed by atoms with Crippen LogP contribution in [0.3, 0.4) is 0 Å². The number of rotatable bonds is 2. The molecule has 0 aliphatic carbocycles. The fourth-order valence-electron chi connectivity index (χ4n) is 1.84. The first-order chi connectivity index (χ1) is 9.74. The van der Waals surface area contributed by atoms with Gasteiger partial charge in [-0.15, -0.1) is 11.8 Å². The topological polar surface area (TPSA) is 71.5 Å². The number of aromatic hydroxyl groups is 1. The van der Waals surface area contributed by atoms with E-state index in [9.17, 15) is 9.90 Å². The fourth-order valence-corrected chi connectivity index (χ4v) is 2.82. The molecule has 0 fully saturated rings. The highest BCUT2D eigenvalue weighted by atomic mass is 32.2. The number of nitrogens with zero attached hydrogens (tertiary/aromatic N) is 1. The molecule has 1 aliphatic heterocycles. The Morgan fingerprint density at radius 1 is 1.35 bits per heavy atom. The van der Waals surface area contributed by atoms with Crippen LogP contribution in [0.1, 0.15) is 0 Å². The summed E-state index contributed by atoms with van der Waals surface area (Å²) >= 11 is 1.57. The minimum atomic E-state index is -0.601. The zero-order valence-corrected chi connectivity index (χ0v) is 11.3. The van der Waals surface area contributed by atoms with Gasteiger partial charge in [-0.3, -0.25) is 4.79 Å². The van der Waals surface area contributed by atoms with E-state index in [1.807, 2.05) is 24.3 Å². The molecule has 20 heavy (non-hydrogen) atoms. The molecule has 1 amide bonds. The first kappa shape index (κ1) is 12.8. The quantitative estimate of drug-likeness (QED) is 0.887. The Kier molecular flexibility index (Phi) is 3.47. The Hall–Kier alpha value is -2.21. The number of amides is 1. The molecule has 0 bridgehead atoms. The first-order valence-electron chi connectivity index (χ1n) is 6.07. The SMILES string of the molecule is O=C(Nc1ncccc1O)C1CSc2ccccc2O1. The summed E-state index contributed by atoms with van der Waals surface area (Å²) in [7, 11) is 0. The van der Waals surface area contributed by atoms with Crippen molar-refractivity contribution >= 4 is 23.5 Å². The molecule has 6 heteroatoms. The fraction of sp³-hybridized carbons (Fsp3) is 0.143. The van der Waals surface area contributed by atoms with Gasteiger partial charge in [0.25, 0.3) is 5.91 Å². The minimum Gasteiger partial charge on any atom is -0.504 e. The van der Waals surface area contributed by atoms with Gasteiger partial charge in [0.2, 0.25) is 0 Å². The second-order valence-corrected chi connectivity index (χ2v) is 5.29. The van der Waals surface area contributed by atoms with Crippen molar-refractivity contribution in [1.82, 2.24) is 4.98 Å². The molecular formula is C14H12N2O3S. The second-order valence-electron chi connectivity index (χ2n) is 4.22. The van der Waals surface area contributed by atoms with E-state index < -0.39 is 6.10 Å². The summed E-state index contributed by atoms with van der Waals surface area (Å²) in [6.07, 6.45) is 0.900. The third-order valence-corrected chi connectivity index (χ3v) is 3.95. The molecule has 5 nitrogen and oxygen atoms in total. The van der Waals surface area contributed by atoms with Crippen molar-refractivity contribution in [2.75, 3.05) is 11.1 Å². The van der Waals surface area contributed by atoms with Crippen molar-refractivity contribution in [3.05, 3.63) is 42.6 Å². The van der Waals surface area contributed by atoms with Crippen LogP contribution in [0.5, 0.6) is 11.5 Å². The molecule has 3 rings (SSSR count). The number of benzene rings is 1. The molecule has 0 saturated heterocycles. The lowest BCUT2D eigenvalue weighted by Gasteiger charge is -2.24.